The van der Waals surface area contributed by atoms with Gasteiger partial charge in [0.05, 0.1) is 6.61 Å². The molecule has 1 aliphatic heterocycles. The summed E-state index contributed by atoms with van der Waals surface area (Å²) in [7, 11) is 1.56. The summed E-state index contributed by atoms with van der Waals surface area (Å²) in [6, 6.07) is 6.94. The Hall–Kier alpha value is -2.41. The van der Waals surface area contributed by atoms with Gasteiger partial charge in [-0.15, -0.1) is 0 Å². The second kappa shape index (κ2) is 9.39. The van der Waals surface area contributed by atoms with Gasteiger partial charge in [0.25, 0.3) is 0 Å². The largest absolute Gasteiger partial charge is 0.383 e. The number of amides is 3. The van der Waals surface area contributed by atoms with Crippen LogP contribution >= 0.6 is 0 Å². The minimum atomic E-state index is -0.615. The van der Waals surface area contributed by atoms with Crippen molar-refractivity contribution in [3.05, 3.63) is 35.4 Å². The maximum absolute atomic E-state index is 13.4. The highest BCUT2D eigenvalue weighted by atomic mass is 16.5. The molecule has 0 radical (unpaired) electrons. The first kappa shape index (κ1) is 21.3. The zero-order chi connectivity index (χ0) is 21.0. The van der Waals surface area contributed by atoms with Crippen LogP contribution in [0, 0.1) is 11.8 Å². The first-order chi connectivity index (χ1) is 13.9. The van der Waals surface area contributed by atoms with Gasteiger partial charge in [0, 0.05) is 13.7 Å². The van der Waals surface area contributed by atoms with Gasteiger partial charge in [-0.1, -0.05) is 38.1 Å². The summed E-state index contributed by atoms with van der Waals surface area (Å²) in [5.74, 6) is -0.348. The number of ether oxygens (including phenoxy) is 1. The fourth-order valence-electron chi connectivity index (χ4n) is 4.31. The molecule has 0 aromatic heterocycles. The molecule has 7 nitrogen and oxygen atoms in total. The Bertz CT molecular complexity index is 739. The van der Waals surface area contributed by atoms with E-state index in [0.717, 1.165) is 12.8 Å². The van der Waals surface area contributed by atoms with E-state index in [1.807, 2.05) is 26.0 Å². The predicted octanol–water partition coefficient (Wildman–Crippen LogP) is 0.906. The van der Waals surface area contributed by atoms with E-state index in [0.29, 0.717) is 19.6 Å². The maximum Gasteiger partial charge on any atom is 0.246 e. The minimum Gasteiger partial charge on any atom is -0.383 e. The molecule has 0 spiro atoms. The van der Waals surface area contributed by atoms with Gasteiger partial charge in [0.1, 0.15) is 18.6 Å². The number of carbonyl (C=O) groups is 3. The van der Waals surface area contributed by atoms with Crippen molar-refractivity contribution in [2.75, 3.05) is 26.8 Å². The van der Waals surface area contributed by atoms with Crippen LogP contribution in [0.5, 0.6) is 0 Å². The van der Waals surface area contributed by atoms with Gasteiger partial charge in [0.15, 0.2) is 0 Å². The Morgan fingerprint density at radius 3 is 2.48 bits per heavy atom. The van der Waals surface area contributed by atoms with Crippen molar-refractivity contribution in [1.29, 1.82) is 0 Å². The standard InChI is InChI=1S/C22H31N3O4/c1-14(2)10-18-21(27)24-20(17-11-15-6-4-5-7-16(15)12-17)22(28)25(18)13-19(26)23-8-9-29-3/h4-7,14,17-18,20H,8-13H2,1-3H3,(H,23,26)(H,24,27)/t18-,20-/m1/s1. The number of hydrogen-bond donors (Lipinski definition) is 2. The summed E-state index contributed by atoms with van der Waals surface area (Å²) >= 11 is 0. The third-order valence-electron chi connectivity index (χ3n) is 5.72. The maximum atomic E-state index is 13.4. The molecule has 29 heavy (non-hydrogen) atoms. The van der Waals surface area contributed by atoms with Gasteiger partial charge < -0.3 is 20.3 Å². The molecule has 1 fully saturated rings. The van der Waals surface area contributed by atoms with Crippen LogP contribution in [0.2, 0.25) is 0 Å². The number of piperazine rings is 1. The Labute approximate surface area is 172 Å². The molecule has 2 N–H and O–H groups in total. The third kappa shape index (κ3) is 4.96. The first-order valence-electron chi connectivity index (χ1n) is 10.3. The number of methoxy groups -OCH3 is 1. The normalized spacial score (nSPS) is 22.0. The lowest BCUT2D eigenvalue weighted by Crippen LogP contribution is -2.66. The monoisotopic (exact) mass is 401 g/mol. The number of nitrogens with one attached hydrogen (secondary N) is 2. The molecule has 3 amide bonds. The van der Waals surface area contributed by atoms with E-state index < -0.39 is 12.1 Å². The summed E-state index contributed by atoms with van der Waals surface area (Å²) in [5, 5.41) is 5.72. The first-order valence-corrected chi connectivity index (χ1v) is 10.3. The Balaban J connectivity index is 1.75. The fourth-order valence-corrected chi connectivity index (χ4v) is 4.31. The molecule has 3 rings (SSSR count). The highest BCUT2D eigenvalue weighted by Crippen LogP contribution is 2.31. The lowest BCUT2D eigenvalue weighted by molar-refractivity contribution is -0.153. The van der Waals surface area contributed by atoms with Crippen molar-refractivity contribution >= 4 is 17.7 Å². The Morgan fingerprint density at radius 1 is 1.24 bits per heavy atom. The molecule has 0 saturated carbocycles. The molecule has 2 aliphatic rings. The second-order valence-corrected chi connectivity index (χ2v) is 8.38. The van der Waals surface area contributed by atoms with Gasteiger partial charge in [0.2, 0.25) is 17.7 Å². The van der Waals surface area contributed by atoms with Crippen molar-refractivity contribution in [2.24, 2.45) is 11.8 Å². The Morgan fingerprint density at radius 2 is 1.90 bits per heavy atom. The molecular formula is C22H31N3O4. The molecule has 0 bridgehead atoms. The average Bonchev–Trinajstić information content (AvgIpc) is 3.11. The topological polar surface area (TPSA) is 87.7 Å². The van der Waals surface area contributed by atoms with E-state index in [-0.39, 0.29) is 36.1 Å². The van der Waals surface area contributed by atoms with Crippen molar-refractivity contribution in [1.82, 2.24) is 15.5 Å². The van der Waals surface area contributed by atoms with Gasteiger partial charge in [-0.25, -0.2) is 0 Å². The van der Waals surface area contributed by atoms with Crippen molar-refractivity contribution in [3.8, 4) is 0 Å². The molecule has 1 saturated heterocycles. The number of carbonyl (C=O) groups excluding carboxylic acids is 3. The molecule has 1 aromatic carbocycles. The quantitative estimate of drug-likeness (QED) is 0.634. The number of fused-ring (bicyclic) bond motifs is 1. The highest BCUT2D eigenvalue weighted by molar-refractivity contribution is 5.99. The molecule has 2 atom stereocenters. The van der Waals surface area contributed by atoms with E-state index in [1.54, 1.807) is 7.11 Å². The molecular weight excluding hydrogens is 370 g/mol. The molecule has 0 unspecified atom stereocenters. The molecule has 1 heterocycles. The zero-order valence-electron chi connectivity index (χ0n) is 17.4. The van der Waals surface area contributed by atoms with Crippen LogP contribution in [0.1, 0.15) is 31.4 Å². The molecule has 1 aliphatic carbocycles. The summed E-state index contributed by atoms with van der Waals surface area (Å²) in [4.78, 5) is 40.1. The second-order valence-electron chi connectivity index (χ2n) is 8.38. The predicted molar refractivity (Wildman–Crippen MR) is 109 cm³/mol. The van der Waals surface area contributed by atoms with Crippen LogP contribution in [-0.4, -0.2) is 61.5 Å². The Kier molecular flexibility index (Phi) is 6.90. The van der Waals surface area contributed by atoms with E-state index in [1.165, 1.54) is 16.0 Å². The molecule has 7 heteroatoms. The van der Waals surface area contributed by atoms with E-state index in [9.17, 15) is 14.4 Å². The number of benzene rings is 1. The highest BCUT2D eigenvalue weighted by Gasteiger charge is 2.45. The van der Waals surface area contributed by atoms with Crippen molar-refractivity contribution in [3.63, 3.8) is 0 Å². The smallest absolute Gasteiger partial charge is 0.246 e. The number of rotatable bonds is 8. The zero-order valence-corrected chi connectivity index (χ0v) is 17.4. The van der Waals surface area contributed by atoms with E-state index in [2.05, 4.69) is 22.8 Å². The SMILES string of the molecule is COCCNC(=O)CN1C(=O)[C@@H](C2Cc3ccccc3C2)NC(=O)[C@H]1CC(C)C. The third-order valence-corrected chi connectivity index (χ3v) is 5.72. The minimum absolute atomic E-state index is 0.0166. The van der Waals surface area contributed by atoms with Crippen LogP contribution < -0.4 is 10.6 Å². The fraction of sp³-hybridized carbons (Fsp3) is 0.591. The lowest BCUT2D eigenvalue weighted by atomic mass is 9.90. The summed E-state index contributed by atoms with van der Waals surface area (Å²) in [6.45, 7) is 4.68. The van der Waals surface area contributed by atoms with Gasteiger partial charge in [-0.3, -0.25) is 14.4 Å². The van der Waals surface area contributed by atoms with Crippen LogP contribution in [0.15, 0.2) is 24.3 Å². The van der Waals surface area contributed by atoms with Crippen LogP contribution in [0.4, 0.5) is 0 Å². The number of hydrogen-bond acceptors (Lipinski definition) is 4. The summed E-state index contributed by atoms with van der Waals surface area (Å²) in [6.07, 6.45) is 2.05. The summed E-state index contributed by atoms with van der Waals surface area (Å²) < 4.78 is 4.95. The lowest BCUT2D eigenvalue weighted by Gasteiger charge is -2.41. The van der Waals surface area contributed by atoms with Crippen LogP contribution in [0.25, 0.3) is 0 Å². The van der Waals surface area contributed by atoms with Crippen LogP contribution in [-0.2, 0) is 32.0 Å². The van der Waals surface area contributed by atoms with E-state index >= 15 is 0 Å². The number of nitrogens with zero attached hydrogens (tertiary/aromatic N) is 1. The van der Waals surface area contributed by atoms with E-state index in [4.69, 9.17) is 4.74 Å². The van der Waals surface area contributed by atoms with Crippen molar-refractivity contribution in [2.45, 2.75) is 45.2 Å². The van der Waals surface area contributed by atoms with Gasteiger partial charge >= 0.3 is 0 Å². The van der Waals surface area contributed by atoms with Crippen molar-refractivity contribution < 1.29 is 19.1 Å². The summed E-state index contributed by atoms with van der Waals surface area (Å²) in [5.41, 5.74) is 2.46. The average molecular weight is 402 g/mol. The van der Waals surface area contributed by atoms with Crippen LogP contribution in [0.3, 0.4) is 0 Å². The molecule has 1 aromatic rings. The van der Waals surface area contributed by atoms with Gasteiger partial charge in [-0.05, 0) is 42.2 Å². The van der Waals surface area contributed by atoms with Gasteiger partial charge in [-0.2, -0.15) is 0 Å². The molecule has 158 valence electrons.